The van der Waals surface area contributed by atoms with Crippen LogP contribution in [0.15, 0.2) is 12.5 Å². The minimum atomic E-state index is 0.0888. The van der Waals surface area contributed by atoms with Gasteiger partial charge in [0.25, 0.3) is 0 Å². The summed E-state index contributed by atoms with van der Waals surface area (Å²) in [7, 11) is 0. The fourth-order valence-electron chi connectivity index (χ4n) is 1.97. The smallest absolute Gasteiger partial charge is 0.182 e. The molecule has 1 atom stereocenters. The fraction of sp³-hybridized carbons (Fsp3) is 0.833. The van der Waals surface area contributed by atoms with Crippen molar-refractivity contribution in [3.8, 4) is 0 Å². The summed E-state index contributed by atoms with van der Waals surface area (Å²) in [6.07, 6.45) is 0. The number of hydrogen-bond donors (Lipinski definition) is 0. The van der Waals surface area contributed by atoms with Gasteiger partial charge in [0.2, 0.25) is 0 Å². The molecule has 14 heavy (non-hydrogen) atoms. The highest BCUT2D eigenvalue weighted by molar-refractivity contribution is 5.04. The molecule has 0 aromatic heterocycles. The van der Waals surface area contributed by atoms with Gasteiger partial charge in [-0.3, -0.25) is 0 Å². The van der Waals surface area contributed by atoms with Crippen LogP contribution in [0.5, 0.6) is 0 Å². The average molecular weight is 197 g/mol. The molecule has 2 nitrogen and oxygen atoms in total. The molecule has 1 aliphatic heterocycles. The van der Waals surface area contributed by atoms with Crippen molar-refractivity contribution in [3.05, 3.63) is 12.5 Å². The maximum Gasteiger partial charge on any atom is 0.182 e. The third kappa shape index (κ3) is 2.05. The van der Waals surface area contributed by atoms with Crippen LogP contribution in [0, 0.1) is 5.41 Å². The first-order valence-corrected chi connectivity index (χ1v) is 5.25. The van der Waals surface area contributed by atoms with Crippen molar-refractivity contribution in [2.24, 2.45) is 5.41 Å². The maximum atomic E-state index is 5.56. The van der Waals surface area contributed by atoms with E-state index in [0.29, 0.717) is 6.04 Å². The van der Waals surface area contributed by atoms with Gasteiger partial charge in [0.05, 0.1) is 6.04 Å². The van der Waals surface area contributed by atoms with Gasteiger partial charge < -0.3 is 9.64 Å². The van der Waals surface area contributed by atoms with Gasteiger partial charge in [-0.15, -0.1) is 0 Å². The Morgan fingerprint density at radius 3 is 2.00 bits per heavy atom. The van der Waals surface area contributed by atoms with E-state index in [-0.39, 0.29) is 11.0 Å². The highest BCUT2D eigenvalue weighted by Crippen LogP contribution is 2.37. The predicted octanol–water partition coefficient (Wildman–Crippen LogP) is 3.00. The van der Waals surface area contributed by atoms with Crippen molar-refractivity contribution in [1.82, 2.24) is 4.90 Å². The predicted molar refractivity (Wildman–Crippen MR) is 59.9 cm³/mol. The first-order valence-electron chi connectivity index (χ1n) is 5.25. The van der Waals surface area contributed by atoms with Crippen molar-refractivity contribution in [2.45, 2.75) is 53.1 Å². The van der Waals surface area contributed by atoms with Crippen molar-refractivity contribution in [1.29, 1.82) is 0 Å². The minimum Gasteiger partial charge on any atom is -0.477 e. The zero-order chi connectivity index (χ0) is 11.1. The number of rotatable bonds is 0. The summed E-state index contributed by atoms with van der Waals surface area (Å²) >= 11 is 0. The van der Waals surface area contributed by atoms with Crippen molar-refractivity contribution in [3.63, 3.8) is 0 Å². The van der Waals surface area contributed by atoms with Crippen molar-refractivity contribution >= 4 is 0 Å². The average Bonchev–Trinajstić information content (AvgIpc) is 2.27. The second kappa shape index (κ2) is 3.18. The molecule has 0 radical (unpaired) electrons. The summed E-state index contributed by atoms with van der Waals surface area (Å²) in [4.78, 5) is 2.30. The Labute approximate surface area is 87.9 Å². The summed E-state index contributed by atoms with van der Waals surface area (Å²) < 4.78 is 5.56. The quantitative estimate of drug-likeness (QED) is 0.592. The fourth-order valence-corrected chi connectivity index (χ4v) is 1.97. The van der Waals surface area contributed by atoms with E-state index in [0.717, 1.165) is 12.5 Å². The van der Waals surface area contributed by atoms with Crippen LogP contribution in [0.25, 0.3) is 0 Å². The molecule has 1 aliphatic rings. The topological polar surface area (TPSA) is 12.5 Å². The molecule has 1 saturated heterocycles. The summed E-state index contributed by atoms with van der Waals surface area (Å²) in [5, 5.41) is 0. The van der Waals surface area contributed by atoms with E-state index < -0.39 is 0 Å². The molecule has 0 amide bonds. The van der Waals surface area contributed by atoms with Gasteiger partial charge in [-0.1, -0.05) is 20.8 Å². The normalized spacial score (nSPS) is 24.0. The highest BCUT2D eigenvalue weighted by atomic mass is 16.5. The zero-order valence-corrected chi connectivity index (χ0v) is 10.3. The van der Waals surface area contributed by atoms with E-state index in [1.807, 2.05) is 0 Å². The molecule has 0 aromatic rings. The van der Waals surface area contributed by atoms with Crippen LogP contribution in [0.1, 0.15) is 41.5 Å². The molecular formula is C12H23NO. The van der Waals surface area contributed by atoms with Crippen LogP contribution in [-0.2, 0) is 4.74 Å². The molecular weight excluding hydrogens is 174 g/mol. The van der Waals surface area contributed by atoms with Crippen LogP contribution in [0.3, 0.4) is 0 Å². The van der Waals surface area contributed by atoms with Gasteiger partial charge >= 0.3 is 0 Å². The minimum absolute atomic E-state index is 0.0888. The molecule has 1 fully saturated rings. The first kappa shape index (κ1) is 11.4. The highest BCUT2D eigenvalue weighted by Gasteiger charge is 2.42. The Kier molecular flexibility index (Phi) is 2.59. The van der Waals surface area contributed by atoms with E-state index in [2.05, 4.69) is 53.0 Å². The van der Waals surface area contributed by atoms with Crippen LogP contribution in [0.4, 0.5) is 0 Å². The SMILES string of the molecule is C=C1OCC(C(C)(C)C)N1C(C)(C)C. The second-order valence-electron chi connectivity index (χ2n) is 6.13. The maximum absolute atomic E-state index is 5.56. The van der Waals surface area contributed by atoms with Gasteiger partial charge in [-0.05, 0) is 32.8 Å². The first-order chi connectivity index (χ1) is 6.14. The van der Waals surface area contributed by atoms with Crippen molar-refractivity contribution in [2.75, 3.05) is 6.61 Å². The van der Waals surface area contributed by atoms with Gasteiger partial charge in [-0.2, -0.15) is 0 Å². The molecule has 0 bridgehead atoms. The molecule has 2 heteroatoms. The molecule has 0 saturated carbocycles. The lowest BCUT2D eigenvalue weighted by Gasteiger charge is -2.42. The van der Waals surface area contributed by atoms with E-state index >= 15 is 0 Å². The molecule has 1 unspecified atom stereocenters. The third-order valence-electron chi connectivity index (χ3n) is 2.71. The number of ether oxygens (including phenoxy) is 1. The molecule has 1 heterocycles. The summed E-state index contributed by atoms with van der Waals surface area (Å²) in [5.74, 6) is 0.817. The number of hydrogen-bond acceptors (Lipinski definition) is 2. The van der Waals surface area contributed by atoms with E-state index in [1.54, 1.807) is 0 Å². The Morgan fingerprint density at radius 1 is 1.21 bits per heavy atom. The third-order valence-corrected chi connectivity index (χ3v) is 2.71. The standard InChI is InChI=1S/C12H23NO/c1-9-13(12(5,6)7)10(8-14-9)11(2,3)4/h10H,1,8H2,2-7H3. The Morgan fingerprint density at radius 2 is 1.71 bits per heavy atom. The lowest BCUT2D eigenvalue weighted by atomic mass is 9.84. The molecule has 0 aromatic carbocycles. The van der Waals surface area contributed by atoms with Crippen LogP contribution in [0.2, 0.25) is 0 Å². The molecule has 0 aliphatic carbocycles. The van der Waals surface area contributed by atoms with E-state index in [1.165, 1.54) is 0 Å². The van der Waals surface area contributed by atoms with E-state index in [9.17, 15) is 0 Å². The van der Waals surface area contributed by atoms with E-state index in [4.69, 9.17) is 4.74 Å². The molecule has 0 N–H and O–H groups in total. The molecule has 0 spiro atoms. The summed E-state index contributed by atoms with van der Waals surface area (Å²) in [6, 6.07) is 0.426. The van der Waals surface area contributed by atoms with Crippen LogP contribution >= 0.6 is 0 Å². The van der Waals surface area contributed by atoms with Crippen LogP contribution in [-0.4, -0.2) is 23.1 Å². The molecule has 82 valence electrons. The Bertz CT molecular complexity index is 232. The monoisotopic (exact) mass is 197 g/mol. The Balaban J connectivity index is 2.94. The van der Waals surface area contributed by atoms with Gasteiger partial charge in [0.1, 0.15) is 6.61 Å². The second-order valence-corrected chi connectivity index (χ2v) is 6.13. The van der Waals surface area contributed by atoms with Crippen molar-refractivity contribution < 1.29 is 4.74 Å². The lowest BCUT2D eigenvalue weighted by Crippen LogP contribution is -2.49. The Hall–Kier alpha value is -0.660. The summed E-state index contributed by atoms with van der Waals surface area (Å²) in [5.41, 5.74) is 0.318. The molecule has 1 rings (SSSR count). The lowest BCUT2D eigenvalue weighted by molar-refractivity contribution is 0.0872. The van der Waals surface area contributed by atoms with Gasteiger partial charge in [0, 0.05) is 5.54 Å². The largest absolute Gasteiger partial charge is 0.477 e. The van der Waals surface area contributed by atoms with Gasteiger partial charge in [-0.25, -0.2) is 0 Å². The van der Waals surface area contributed by atoms with Crippen LogP contribution < -0.4 is 0 Å². The van der Waals surface area contributed by atoms with Gasteiger partial charge in [0.15, 0.2) is 5.88 Å². The number of nitrogens with zero attached hydrogens (tertiary/aromatic N) is 1. The zero-order valence-electron chi connectivity index (χ0n) is 10.3. The summed E-state index contributed by atoms with van der Waals surface area (Å²) in [6.45, 7) is 18.1.